The van der Waals surface area contributed by atoms with Gasteiger partial charge < -0.3 is 5.32 Å². The van der Waals surface area contributed by atoms with Crippen LogP contribution in [0, 0.1) is 12.3 Å². The van der Waals surface area contributed by atoms with Crippen LogP contribution in [0.15, 0.2) is 40.9 Å². The summed E-state index contributed by atoms with van der Waals surface area (Å²) in [6.07, 6.45) is 5.11. The maximum absolute atomic E-state index is 11.8. The highest BCUT2D eigenvalue weighted by Crippen LogP contribution is 2.29. The van der Waals surface area contributed by atoms with Crippen molar-refractivity contribution in [3.8, 4) is 12.3 Å². The molecule has 2 aromatic rings. The Morgan fingerprint density at radius 3 is 2.68 bits per heavy atom. The predicted molar refractivity (Wildman–Crippen MR) is 82.0 cm³/mol. The normalized spacial score (nSPS) is 10.1. The Bertz CT molecular complexity index is 646. The molecule has 0 aliphatic heterocycles. The first kappa shape index (κ1) is 13.6. The highest BCUT2D eigenvalue weighted by Gasteiger charge is 2.06. The zero-order valence-electron chi connectivity index (χ0n) is 10.2. The van der Waals surface area contributed by atoms with Crippen molar-refractivity contribution in [1.29, 1.82) is 0 Å². The third kappa shape index (κ3) is 3.34. The smallest absolute Gasteiger partial charge is 0.238 e. The summed E-state index contributed by atoms with van der Waals surface area (Å²) in [6.45, 7) is 0.586. The Labute approximate surface area is 120 Å². The number of halogens is 1. The number of amides is 1. The van der Waals surface area contributed by atoms with Crippen LogP contribution < -0.4 is 10.6 Å². The molecule has 0 spiro atoms. The van der Waals surface area contributed by atoms with Crippen molar-refractivity contribution in [3.05, 3.63) is 40.9 Å². The molecule has 4 heteroatoms. The maximum Gasteiger partial charge on any atom is 0.238 e. The van der Waals surface area contributed by atoms with Gasteiger partial charge in [-0.3, -0.25) is 10.1 Å². The topological polar surface area (TPSA) is 41.1 Å². The Morgan fingerprint density at radius 2 is 1.95 bits per heavy atom. The lowest BCUT2D eigenvalue weighted by Crippen LogP contribution is -2.28. The van der Waals surface area contributed by atoms with Crippen LogP contribution in [-0.2, 0) is 4.79 Å². The summed E-state index contributed by atoms with van der Waals surface area (Å²) in [5.74, 6) is 2.32. The van der Waals surface area contributed by atoms with Gasteiger partial charge in [-0.1, -0.05) is 46.1 Å². The van der Waals surface area contributed by atoms with E-state index in [2.05, 4.69) is 32.5 Å². The molecule has 0 unspecified atom stereocenters. The van der Waals surface area contributed by atoms with Crippen LogP contribution in [0.5, 0.6) is 0 Å². The third-order valence-corrected chi connectivity index (χ3v) is 3.35. The number of benzene rings is 2. The van der Waals surface area contributed by atoms with E-state index in [-0.39, 0.29) is 12.5 Å². The second-order valence-corrected chi connectivity index (χ2v) is 4.85. The SMILES string of the molecule is C#CCNCC(=O)Nc1ccc(Br)c2ccccc12. The molecule has 0 heterocycles. The average Bonchev–Trinajstić information content (AvgIpc) is 2.43. The molecule has 0 aromatic heterocycles. The summed E-state index contributed by atoms with van der Waals surface area (Å²) in [6, 6.07) is 11.7. The number of anilines is 1. The minimum Gasteiger partial charge on any atom is -0.324 e. The lowest BCUT2D eigenvalue weighted by molar-refractivity contribution is -0.115. The second-order valence-electron chi connectivity index (χ2n) is 4.00. The van der Waals surface area contributed by atoms with Gasteiger partial charge in [-0.25, -0.2) is 0 Å². The summed E-state index contributed by atoms with van der Waals surface area (Å²) in [4.78, 5) is 11.8. The van der Waals surface area contributed by atoms with E-state index >= 15 is 0 Å². The molecule has 0 saturated carbocycles. The van der Waals surface area contributed by atoms with Crippen LogP contribution in [0.4, 0.5) is 5.69 Å². The van der Waals surface area contributed by atoms with E-state index in [9.17, 15) is 4.79 Å². The minimum absolute atomic E-state index is 0.109. The second kappa shape index (κ2) is 6.37. The zero-order chi connectivity index (χ0) is 13.7. The van der Waals surface area contributed by atoms with Gasteiger partial charge in [0.1, 0.15) is 0 Å². The van der Waals surface area contributed by atoms with Gasteiger partial charge in [-0.15, -0.1) is 6.42 Å². The molecule has 0 atom stereocenters. The molecular formula is C15H13BrN2O. The van der Waals surface area contributed by atoms with Crippen LogP contribution in [0.2, 0.25) is 0 Å². The molecule has 3 nitrogen and oxygen atoms in total. The van der Waals surface area contributed by atoms with Crippen molar-refractivity contribution in [2.45, 2.75) is 0 Å². The van der Waals surface area contributed by atoms with Gasteiger partial charge in [-0.2, -0.15) is 0 Å². The summed E-state index contributed by atoms with van der Waals surface area (Å²) in [7, 11) is 0. The number of nitrogens with one attached hydrogen (secondary N) is 2. The van der Waals surface area contributed by atoms with Crippen molar-refractivity contribution in [2.75, 3.05) is 18.4 Å². The summed E-state index contributed by atoms with van der Waals surface area (Å²) in [5.41, 5.74) is 0.798. The van der Waals surface area contributed by atoms with Gasteiger partial charge in [0.15, 0.2) is 0 Å². The molecule has 1 amide bonds. The van der Waals surface area contributed by atoms with E-state index in [4.69, 9.17) is 6.42 Å². The fraction of sp³-hybridized carbons (Fsp3) is 0.133. The van der Waals surface area contributed by atoms with E-state index < -0.39 is 0 Å². The Kier molecular flexibility index (Phi) is 4.56. The number of carbonyl (C=O) groups excluding carboxylic acids is 1. The lowest BCUT2D eigenvalue weighted by Gasteiger charge is -2.10. The molecule has 0 radical (unpaired) electrons. The van der Waals surface area contributed by atoms with Crippen molar-refractivity contribution >= 4 is 38.3 Å². The van der Waals surface area contributed by atoms with Crippen LogP contribution in [0.3, 0.4) is 0 Å². The Balaban J connectivity index is 2.20. The lowest BCUT2D eigenvalue weighted by atomic mass is 10.1. The molecule has 0 aliphatic rings. The number of terminal acetylenes is 1. The summed E-state index contributed by atoms with van der Waals surface area (Å²) in [5, 5.41) is 7.81. The maximum atomic E-state index is 11.8. The molecule has 0 fully saturated rings. The van der Waals surface area contributed by atoms with Crippen LogP contribution in [0.25, 0.3) is 10.8 Å². The van der Waals surface area contributed by atoms with Gasteiger partial charge in [0.05, 0.1) is 13.1 Å². The van der Waals surface area contributed by atoms with Crippen molar-refractivity contribution < 1.29 is 4.79 Å². The zero-order valence-corrected chi connectivity index (χ0v) is 11.8. The molecule has 2 rings (SSSR count). The predicted octanol–water partition coefficient (Wildman–Crippen LogP) is 2.76. The molecule has 0 bridgehead atoms. The van der Waals surface area contributed by atoms with Gasteiger partial charge >= 0.3 is 0 Å². The van der Waals surface area contributed by atoms with Crippen LogP contribution >= 0.6 is 15.9 Å². The number of rotatable bonds is 4. The summed E-state index contributed by atoms with van der Waals surface area (Å²) >= 11 is 3.50. The molecule has 0 saturated heterocycles. The fourth-order valence-corrected chi connectivity index (χ4v) is 2.29. The quantitative estimate of drug-likeness (QED) is 0.672. The van der Waals surface area contributed by atoms with Gasteiger partial charge in [0, 0.05) is 15.5 Å². The summed E-state index contributed by atoms with van der Waals surface area (Å²) < 4.78 is 1.01. The van der Waals surface area contributed by atoms with Crippen molar-refractivity contribution in [3.63, 3.8) is 0 Å². The number of carbonyl (C=O) groups is 1. The third-order valence-electron chi connectivity index (χ3n) is 2.66. The molecular weight excluding hydrogens is 304 g/mol. The average molecular weight is 317 g/mol. The number of hydrogen-bond donors (Lipinski definition) is 2. The van der Waals surface area contributed by atoms with Crippen molar-refractivity contribution in [2.24, 2.45) is 0 Å². The van der Waals surface area contributed by atoms with E-state index in [0.29, 0.717) is 6.54 Å². The Hall–Kier alpha value is -1.83. The number of fused-ring (bicyclic) bond motifs is 1. The van der Waals surface area contributed by atoms with E-state index in [1.807, 2.05) is 36.4 Å². The first-order valence-corrected chi connectivity index (χ1v) is 6.63. The van der Waals surface area contributed by atoms with Crippen molar-refractivity contribution in [1.82, 2.24) is 5.32 Å². The molecule has 0 aliphatic carbocycles. The van der Waals surface area contributed by atoms with E-state index in [0.717, 1.165) is 20.9 Å². The number of hydrogen-bond acceptors (Lipinski definition) is 2. The fourth-order valence-electron chi connectivity index (χ4n) is 1.81. The monoisotopic (exact) mass is 316 g/mol. The van der Waals surface area contributed by atoms with Crippen LogP contribution in [-0.4, -0.2) is 19.0 Å². The molecule has 2 N–H and O–H groups in total. The largest absolute Gasteiger partial charge is 0.324 e. The van der Waals surface area contributed by atoms with Gasteiger partial charge in [0.2, 0.25) is 5.91 Å². The van der Waals surface area contributed by atoms with Gasteiger partial charge in [-0.05, 0) is 17.5 Å². The first-order chi connectivity index (χ1) is 9.22. The van der Waals surface area contributed by atoms with E-state index in [1.165, 1.54) is 0 Å². The first-order valence-electron chi connectivity index (χ1n) is 5.83. The highest BCUT2D eigenvalue weighted by atomic mass is 79.9. The van der Waals surface area contributed by atoms with Gasteiger partial charge in [0.25, 0.3) is 0 Å². The molecule has 2 aromatic carbocycles. The van der Waals surface area contributed by atoms with E-state index in [1.54, 1.807) is 0 Å². The van der Waals surface area contributed by atoms with Crippen LogP contribution in [0.1, 0.15) is 0 Å². The molecule has 19 heavy (non-hydrogen) atoms. The molecule has 96 valence electrons. The Morgan fingerprint density at radius 1 is 1.21 bits per heavy atom. The minimum atomic E-state index is -0.109. The standard InChI is InChI=1S/C15H13BrN2O/c1-2-9-17-10-15(19)18-14-8-7-13(16)11-5-3-4-6-12(11)14/h1,3-8,17H,9-10H2,(H,18,19). The highest BCUT2D eigenvalue weighted by molar-refractivity contribution is 9.10.